The third kappa shape index (κ3) is 4.06. The van der Waals surface area contributed by atoms with E-state index in [1.807, 2.05) is 11.3 Å². The molecule has 0 unspecified atom stereocenters. The molecule has 0 saturated carbocycles. The second kappa shape index (κ2) is 10.6. The topological polar surface area (TPSA) is 13.1 Å². The van der Waals surface area contributed by atoms with Crippen LogP contribution in [-0.2, 0) is 0 Å². The van der Waals surface area contributed by atoms with E-state index in [-0.39, 0.29) is 0 Å². The zero-order valence-electron chi connectivity index (χ0n) is 27.0. The lowest BCUT2D eigenvalue weighted by Gasteiger charge is -2.18. The average molecular weight is 653 g/mol. The molecule has 0 aliphatic carbocycles. The lowest BCUT2D eigenvalue weighted by Crippen LogP contribution is -1.91. The molecule has 0 N–H and O–H groups in total. The summed E-state index contributed by atoms with van der Waals surface area (Å²) >= 11 is 1.88. The van der Waals surface area contributed by atoms with Gasteiger partial charge in [-0.05, 0) is 96.7 Å². The van der Waals surface area contributed by atoms with Crippen molar-refractivity contribution in [1.29, 1.82) is 0 Å². The molecule has 2 heterocycles. The van der Waals surface area contributed by atoms with E-state index in [1.165, 1.54) is 85.9 Å². The van der Waals surface area contributed by atoms with E-state index in [1.54, 1.807) is 0 Å². The van der Waals surface area contributed by atoms with Gasteiger partial charge in [0.25, 0.3) is 0 Å². The van der Waals surface area contributed by atoms with Crippen LogP contribution in [0.15, 0.2) is 174 Å². The first-order valence-electron chi connectivity index (χ1n) is 17.1. The van der Waals surface area contributed by atoms with Gasteiger partial charge in [-0.2, -0.15) is 0 Å². The van der Waals surface area contributed by atoms with Gasteiger partial charge in [-0.25, -0.2) is 0 Å². The van der Waals surface area contributed by atoms with Gasteiger partial charge in [0.15, 0.2) is 0 Å². The highest BCUT2D eigenvalue weighted by Crippen LogP contribution is 2.45. The molecule has 9 aromatic carbocycles. The second-order valence-electron chi connectivity index (χ2n) is 13.2. The van der Waals surface area contributed by atoms with Crippen LogP contribution in [0.25, 0.3) is 108 Å². The van der Waals surface area contributed by atoms with Gasteiger partial charge in [-0.3, -0.25) is 0 Å². The summed E-state index contributed by atoms with van der Waals surface area (Å²) in [6.07, 6.45) is 0. The van der Waals surface area contributed by atoms with Crippen LogP contribution < -0.4 is 0 Å². The first kappa shape index (κ1) is 27.7. The molecule has 0 fully saturated rings. The Bertz CT molecular complexity index is 3090. The van der Waals surface area contributed by atoms with Crippen molar-refractivity contribution >= 4 is 85.8 Å². The summed E-state index contributed by atoms with van der Waals surface area (Å²) in [5, 5.41) is 12.5. The summed E-state index contributed by atoms with van der Waals surface area (Å²) in [5.41, 5.74) is 9.21. The standard InChI is InChI=1S/C48H28OS/c1-2-11-29(12-3-1)46-35-16-4-6-18-37(35)47(38-19-7-5-17-36(38)46)33-14-10-13-30(25-33)31-22-24-43-41(26-31)42-28-40-32(27-44(42)49-43)21-23-39-34-15-8-9-20-45(34)50-48(39)40/h1-28H. The molecule has 0 atom stereocenters. The number of rotatable bonds is 3. The molecule has 0 aliphatic rings. The summed E-state index contributed by atoms with van der Waals surface area (Å²) < 4.78 is 9.12. The lowest BCUT2D eigenvalue weighted by molar-refractivity contribution is 0.669. The van der Waals surface area contributed by atoms with Gasteiger partial charge >= 0.3 is 0 Å². The maximum absolute atomic E-state index is 6.46. The molecular weight excluding hydrogens is 625 g/mol. The van der Waals surface area contributed by atoms with Crippen LogP contribution in [0.4, 0.5) is 0 Å². The summed E-state index contributed by atoms with van der Waals surface area (Å²) in [6.45, 7) is 0. The molecule has 0 aliphatic heterocycles. The van der Waals surface area contributed by atoms with Gasteiger partial charge in [0, 0.05) is 36.3 Å². The number of hydrogen-bond donors (Lipinski definition) is 0. The maximum atomic E-state index is 6.46. The van der Waals surface area contributed by atoms with Crippen molar-refractivity contribution in [2.45, 2.75) is 0 Å². The van der Waals surface area contributed by atoms with E-state index < -0.39 is 0 Å². The zero-order chi connectivity index (χ0) is 32.8. The monoisotopic (exact) mass is 652 g/mol. The molecule has 0 amide bonds. The van der Waals surface area contributed by atoms with Crippen molar-refractivity contribution in [2.75, 3.05) is 0 Å². The van der Waals surface area contributed by atoms with Crippen LogP contribution in [0.5, 0.6) is 0 Å². The van der Waals surface area contributed by atoms with E-state index in [0.717, 1.165) is 21.9 Å². The number of benzene rings is 9. The molecule has 0 radical (unpaired) electrons. The average Bonchev–Trinajstić information content (AvgIpc) is 3.74. The third-order valence-corrected chi connectivity index (χ3v) is 11.6. The van der Waals surface area contributed by atoms with E-state index in [2.05, 4.69) is 170 Å². The SMILES string of the molecule is c1ccc(-c2c3ccccc3c(-c3cccc(-c4ccc5oc6cc7ccc8c9ccccc9sc8c7cc6c5c4)c3)c3ccccc23)cc1. The molecule has 0 bridgehead atoms. The van der Waals surface area contributed by atoms with Crippen molar-refractivity contribution in [3.8, 4) is 33.4 Å². The number of hydrogen-bond acceptors (Lipinski definition) is 2. The van der Waals surface area contributed by atoms with Crippen molar-refractivity contribution < 1.29 is 4.42 Å². The Balaban J connectivity index is 1.11. The molecular formula is C48H28OS. The fourth-order valence-electron chi connectivity index (χ4n) is 8.17. The highest BCUT2D eigenvalue weighted by molar-refractivity contribution is 7.26. The van der Waals surface area contributed by atoms with Gasteiger partial charge in [-0.15, -0.1) is 11.3 Å². The predicted octanol–water partition coefficient (Wildman–Crippen LogP) is 14.4. The fraction of sp³-hybridized carbons (Fsp3) is 0. The van der Waals surface area contributed by atoms with Gasteiger partial charge in [0.1, 0.15) is 11.2 Å². The minimum atomic E-state index is 0.913. The minimum absolute atomic E-state index is 0.913. The molecule has 2 aromatic heterocycles. The van der Waals surface area contributed by atoms with E-state index in [0.29, 0.717) is 0 Å². The Kier molecular flexibility index (Phi) is 5.89. The van der Waals surface area contributed by atoms with Gasteiger partial charge in [-0.1, -0.05) is 133 Å². The molecule has 1 nitrogen and oxygen atoms in total. The van der Waals surface area contributed by atoms with Gasteiger partial charge in [0.2, 0.25) is 0 Å². The Morgan fingerprint density at radius 1 is 0.320 bits per heavy atom. The summed E-state index contributed by atoms with van der Waals surface area (Å²) in [7, 11) is 0. The van der Waals surface area contributed by atoms with Crippen LogP contribution in [0.2, 0.25) is 0 Å². The van der Waals surface area contributed by atoms with Crippen molar-refractivity contribution in [2.24, 2.45) is 0 Å². The van der Waals surface area contributed by atoms with Gasteiger partial charge in [0.05, 0.1) is 0 Å². The summed E-state index contributed by atoms with van der Waals surface area (Å²) in [5.74, 6) is 0. The molecule has 0 saturated heterocycles. The quantitative estimate of drug-likeness (QED) is 0.173. The number of furan rings is 1. The second-order valence-corrected chi connectivity index (χ2v) is 14.3. The molecule has 0 spiro atoms. The highest BCUT2D eigenvalue weighted by atomic mass is 32.1. The van der Waals surface area contributed by atoms with Crippen molar-refractivity contribution in [3.05, 3.63) is 170 Å². The Morgan fingerprint density at radius 3 is 1.68 bits per heavy atom. The van der Waals surface area contributed by atoms with E-state index in [9.17, 15) is 0 Å². The lowest BCUT2D eigenvalue weighted by atomic mass is 9.85. The summed E-state index contributed by atoms with van der Waals surface area (Å²) in [6, 6.07) is 62.0. The van der Waals surface area contributed by atoms with Crippen LogP contribution in [-0.4, -0.2) is 0 Å². The molecule has 2 heteroatoms. The first-order valence-corrected chi connectivity index (χ1v) is 17.9. The van der Waals surface area contributed by atoms with Crippen molar-refractivity contribution in [3.63, 3.8) is 0 Å². The molecule has 50 heavy (non-hydrogen) atoms. The van der Waals surface area contributed by atoms with Crippen molar-refractivity contribution in [1.82, 2.24) is 0 Å². The zero-order valence-corrected chi connectivity index (χ0v) is 27.8. The Morgan fingerprint density at radius 2 is 0.920 bits per heavy atom. The Hall–Kier alpha value is -6.22. The Labute approximate surface area is 292 Å². The molecule has 11 aromatic rings. The minimum Gasteiger partial charge on any atom is -0.456 e. The van der Waals surface area contributed by atoms with Crippen LogP contribution >= 0.6 is 11.3 Å². The van der Waals surface area contributed by atoms with Crippen LogP contribution in [0, 0.1) is 0 Å². The van der Waals surface area contributed by atoms with Gasteiger partial charge < -0.3 is 4.42 Å². The van der Waals surface area contributed by atoms with E-state index in [4.69, 9.17) is 4.42 Å². The number of fused-ring (bicyclic) bond motifs is 10. The fourth-order valence-corrected chi connectivity index (χ4v) is 9.40. The van der Waals surface area contributed by atoms with Crippen LogP contribution in [0.1, 0.15) is 0 Å². The largest absolute Gasteiger partial charge is 0.456 e. The number of thiophene rings is 1. The summed E-state index contributed by atoms with van der Waals surface area (Å²) in [4.78, 5) is 0. The first-order chi connectivity index (χ1) is 24.8. The predicted molar refractivity (Wildman–Crippen MR) is 215 cm³/mol. The maximum Gasteiger partial charge on any atom is 0.136 e. The molecule has 232 valence electrons. The van der Waals surface area contributed by atoms with Crippen LogP contribution in [0.3, 0.4) is 0 Å². The smallest absolute Gasteiger partial charge is 0.136 e. The molecule has 11 rings (SSSR count). The highest BCUT2D eigenvalue weighted by Gasteiger charge is 2.18. The normalized spacial score (nSPS) is 12.0. The third-order valence-electron chi connectivity index (χ3n) is 10.4. The van der Waals surface area contributed by atoms with E-state index >= 15 is 0 Å².